The van der Waals surface area contributed by atoms with Gasteiger partial charge in [0, 0.05) is 26.9 Å². The molecule has 281 valence electrons. The average Bonchev–Trinajstić information content (AvgIpc) is 3.32. The predicted molar refractivity (Wildman–Crippen MR) is 260 cm³/mol. The molecule has 2 aliphatic rings. The van der Waals surface area contributed by atoms with E-state index in [0.29, 0.717) is 0 Å². The van der Waals surface area contributed by atoms with Crippen LogP contribution in [0.15, 0.2) is 240 Å². The summed E-state index contributed by atoms with van der Waals surface area (Å²) in [5, 5.41) is 15.5. The average molecular weight is 813 g/mol. The van der Waals surface area contributed by atoms with E-state index in [1.165, 1.54) is 84.5 Å². The second kappa shape index (κ2) is 14.2. The third-order valence-electron chi connectivity index (χ3n) is 12.6. The molecular formula is C56H38NSSi2. The minimum atomic E-state index is -2.86. The Balaban J connectivity index is 1.15. The van der Waals surface area contributed by atoms with Crippen LogP contribution in [0.5, 0.6) is 0 Å². The van der Waals surface area contributed by atoms with Crippen molar-refractivity contribution in [3.63, 3.8) is 0 Å². The Labute approximate surface area is 357 Å². The third-order valence-corrected chi connectivity index (χ3v) is 22.4. The first-order valence-corrected chi connectivity index (χ1v) is 25.0. The maximum absolute atomic E-state index is 2.86. The Morgan fingerprint density at radius 3 is 1.65 bits per heavy atom. The predicted octanol–water partition coefficient (Wildman–Crippen LogP) is 9.80. The molecule has 0 bridgehead atoms. The maximum atomic E-state index is 2.62. The highest BCUT2D eigenvalue weighted by Gasteiger charge is 2.53. The van der Waals surface area contributed by atoms with Gasteiger partial charge in [0.15, 0.2) is 16.9 Å². The van der Waals surface area contributed by atoms with E-state index in [1.54, 1.807) is 0 Å². The minimum Gasteiger partial charge on any atom is -0.310 e. The molecule has 0 saturated heterocycles. The Morgan fingerprint density at radius 1 is 0.350 bits per heavy atom. The summed E-state index contributed by atoms with van der Waals surface area (Å²) in [5.41, 5.74) is 5.88. The molecule has 1 nitrogen and oxygen atoms in total. The van der Waals surface area contributed by atoms with Crippen LogP contribution in [0.2, 0.25) is 0 Å². The van der Waals surface area contributed by atoms with Crippen LogP contribution in [0.1, 0.15) is 0 Å². The molecule has 0 aliphatic carbocycles. The fraction of sp³-hybridized carbons (Fsp3) is 0. The topological polar surface area (TPSA) is 3.24 Å². The molecule has 0 amide bonds. The number of nitrogens with zero attached hydrogens (tertiary/aromatic N) is 1. The Kier molecular flexibility index (Phi) is 8.37. The second-order valence-corrected chi connectivity index (χ2v) is 22.9. The normalized spacial score (nSPS) is 13.7. The summed E-state index contributed by atoms with van der Waals surface area (Å²) in [6, 6.07) is 87.1. The van der Waals surface area contributed by atoms with Crippen LogP contribution in [0.3, 0.4) is 0 Å². The summed E-state index contributed by atoms with van der Waals surface area (Å²) in [7, 11) is -4.22. The van der Waals surface area contributed by atoms with Crippen molar-refractivity contribution in [2.24, 2.45) is 0 Å². The van der Waals surface area contributed by atoms with E-state index in [9.17, 15) is 0 Å². The van der Waals surface area contributed by atoms with Gasteiger partial charge in [-0.1, -0.05) is 209 Å². The first-order valence-electron chi connectivity index (χ1n) is 20.7. The third kappa shape index (κ3) is 5.45. The molecule has 1 radical (unpaired) electrons. The van der Waals surface area contributed by atoms with E-state index >= 15 is 0 Å². The van der Waals surface area contributed by atoms with Crippen molar-refractivity contribution in [1.82, 2.24) is 0 Å². The zero-order chi connectivity index (χ0) is 39.6. The van der Waals surface area contributed by atoms with Gasteiger partial charge in [-0.3, -0.25) is 0 Å². The van der Waals surface area contributed by atoms with Gasteiger partial charge in [-0.15, -0.1) is 0 Å². The van der Waals surface area contributed by atoms with Gasteiger partial charge in [0.2, 0.25) is 0 Å². The first kappa shape index (κ1) is 35.3. The molecule has 1 spiro atoms. The lowest BCUT2D eigenvalue weighted by molar-refractivity contribution is 1.29. The molecule has 0 N–H and O–H groups in total. The van der Waals surface area contributed by atoms with Crippen molar-refractivity contribution in [1.29, 1.82) is 0 Å². The van der Waals surface area contributed by atoms with Gasteiger partial charge >= 0.3 is 0 Å². The van der Waals surface area contributed by atoms with Crippen molar-refractivity contribution < 1.29 is 0 Å². The van der Waals surface area contributed by atoms with Gasteiger partial charge in [0.05, 0.1) is 0 Å². The van der Waals surface area contributed by atoms with Crippen molar-refractivity contribution in [2.75, 3.05) is 4.90 Å². The van der Waals surface area contributed by atoms with Crippen LogP contribution in [0, 0.1) is 0 Å². The van der Waals surface area contributed by atoms with Crippen LogP contribution < -0.4 is 41.2 Å². The first-order chi connectivity index (χ1) is 29.8. The highest BCUT2D eigenvalue weighted by atomic mass is 32.2. The fourth-order valence-electron chi connectivity index (χ4n) is 10.0. The number of fused-ring (bicyclic) bond motifs is 11. The van der Waals surface area contributed by atoms with E-state index in [1.807, 2.05) is 11.8 Å². The molecule has 2 aliphatic heterocycles. The largest absolute Gasteiger partial charge is 0.310 e. The zero-order valence-electron chi connectivity index (χ0n) is 32.8. The molecule has 0 aromatic heterocycles. The molecule has 12 rings (SSSR count). The molecule has 0 unspecified atom stereocenters. The van der Waals surface area contributed by atoms with Crippen LogP contribution in [-0.2, 0) is 0 Å². The fourth-order valence-corrected chi connectivity index (χ4v) is 21.7. The summed E-state index contributed by atoms with van der Waals surface area (Å²) >= 11 is 1.93. The Hall–Kier alpha value is -6.70. The van der Waals surface area contributed by atoms with Crippen LogP contribution in [0.4, 0.5) is 17.1 Å². The number of hydrogen-bond acceptors (Lipinski definition) is 2. The summed E-state index contributed by atoms with van der Waals surface area (Å²) in [5.74, 6) is 0. The number of hydrogen-bond donors (Lipinski definition) is 0. The quantitative estimate of drug-likeness (QED) is 0.126. The lowest BCUT2D eigenvalue weighted by atomic mass is 10.0. The number of anilines is 3. The SMILES string of the molecule is c1ccc(-c2ccc(N(c3ccc4c(c3)[Si]3(c5ccccc5Sc5ccccc53)c3ccccc3[Si]4c3ccccc3)c3ccc4c(ccc5ccccc54)c3)cc2)cc1. The molecule has 2 heterocycles. The maximum Gasteiger partial charge on any atom is 0.181 e. The summed E-state index contributed by atoms with van der Waals surface area (Å²) in [4.78, 5) is 5.25. The van der Waals surface area contributed by atoms with Gasteiger partial charge in [-0.05, 0) is 102 Å². The highest BCUT2D eigenvalue weighted by Crippen LogP contribution is 2.39. The number of rotatable bonds is 5. The molecule has 0 atom stereocenters. The van der Waals surface area contributed by atoms with E-state index in [4.69, 9.17) is 0 Å². The van der Waals surface area contributed by atoms with Gasteiger partial charge in [0.1, 0.15) is 0 Å². The van der Waals surface area contributed by atoms with Gasteiger partial charge < -0.3 is 4.90 Å². The highest BCUT2D eigenvalue weighted by molar-refractivity contribution is 8.00. The Bertz CT molecular complexity index is 3210. The van der Waals surface area contributed by atoms with Crippen LogP contribution in [0.25, 0.3) is 32.7 Å². The van der Waals surface area contributed by atoms with Gasteiger partial charge in [-0.25, -0.2) is 0 Å². The number of benzene rings is 10. The van der Waals surface area contributed by atoms with Crippen molar-refractivity contribution >= 4 is 104 Å². The molecule has 0 saturated carbocycles. The van der Waals surface area contributed by atoms with Crippen molar-refractivity contribution in [3.05, 3.63) is 231 Å². The molecular weight excluding hydrogens is 775 g/mol. The summed E-state index contributed by atoms with van der Waals surface area (Å²) in [6.07, 6.45) is 0. The van der Waals surface area contributed by atoms with E-state index in [0.717, 1.165) is 11.4 Å². The smallest absolute Gasteiger partial charge is 0.181 e. The Morgan fingerprint density at radius 2 is 0.883 bits per heavy atom. The molecule has 60 heavy (non-hydrogen) atoms. The van der Waals surface area contributed by atoms with Crippen molar-refractivity contribution in [2.45, 2.75) is 9.79 Å². The second-order valence-electron chi connectivity index (χ2n) is 15.8. The van der Waals surface area contributed by atoms with Gasteiger partial charge in [0.25, 0.3) is 0 Å². The summed E-state index contributed by atoms with van der Waals surface area (Å²) < 4.78 is 0. The van der Waals surface area contributed by atoms with E-state index < -0.39 is 16.9 Å². The van der Waals surface area contributed by atoms with Crippen LogP contribution >= 0.6 is 11.8 Å². The van der Waals surface area contributed by atoms with E-state index in [-0.39, 0.29) is 0 Å². The van der Waals surface area contributed by atoms with Crippen LogP contribution in [-0.4, -0.2) is 16.9 Å². The zero-order valence-corrected chi connectivity index (χ0v) is 35.6. The lowest BCUT2D eigenvalue weighted by Gasteiger charge is -2.46. The molecule has 10 aromatic rings. The lowest BCUT2D eigenvalue weighted by Crippen LogP contribution is -2.87. The molecule has 0 fully saturated rings. The van der Waals surface area contributed by atoms with Gasteiger partial charge in [-0.2, -0.15) is 0 Å². The monoisotopic (exact) mass is 812 g/mol. The van der Waals surface area contributed by atoms with E-state index in [2.05, 4.69) is 235 Å². The van der Waals surface area contributed by atoms with Crippen molar-refractivity contribution in [3.8, 4) is 11.1 Å². The summed E-state index contributed by atoms with van der Waals surface area (Å²) in [6.45, 7) is 0. The standard InChI is InChI=1S/C56H38NSSi2/c1-3-15-39(16-4-1)40-29-31-43(32-30-40)57(44-33-35-48-42(37-44)28-27-41-17-7-8-20-47(41)48)45-34-36-52-56(38-45)60(53-24-12-9-21-49(53)58-50-22-10-13-25-54(50)60)55-26-14-11-23-51(55)59(52)46-18-5-2-6-19-46/h1-38H. The molecule has 4 heteroatoms. The molecule has 10 aromatic carbocycles. The minimum absolute atomic E-state index is 1.13.